The molecular formula is C18H20N2O. The van der Waals surface area contributed by atoms with Gasteiger partial charge in [0.2, 0.25) is 5.91 Å². The lowest BCUT2D eigenvalue weighted by Crippen LogP contribution is -2.14. The zero-order valence-corrected chi connectivity index (χ0v) is 12.7. The highest BCUT2D eigenvalue weighted by molar-refractivity contribution is 6.03. The lowest BCUT2D eigenvalue weighted by atomic mass is 9.92. The third kappa shape index (κ3) is 2.51. The summed E-state index contributed by atoms with van der Waals surface area (Å²) in [7, 11) is 4.05. The summed E-state index contributed by atoms with van der Waals surface area (Å²) in [5.41, 5.74) is 5.61. The number of fused-ring (bicyclic) bond motifs is 1. The molecule has 0 unspecified atom stereocenters. The fraction of sp³-hybridized carbons (Fsp3) is 0.278. The third-order valence-electron chi connectivity index (χ3n) is 4.14. The fourth-order valence-electron chi connectivity index (χ4n) is 2.87. The predicted octanol–water partition coefficient (Wildman–Crippen LogP) is 3.34. The largest absolute Gasteiger partial charge is 0.378 e. The number of amides is 1. The molecule has 3 rings (SSSR count). The highest BCUT2D eigenvalue weighted by Crippen LogP contribution is 2.36. The zero-order chi connectivity index (χ0) is 15.0. The van der Waals surface area contributed by atoms with Crippen LogP contribution in [0.4, 0.5) is 11.4 Å². The van der Waals surface area contributed by atoms with Gasteiger partial charge >= 0.3 is 0 Å². The number of aryl methyl sites for hydroxylation is 1. The summed E-state index contributed by atoms with van der Waals surface area (Å²) >= 11 is 0. The smallest absolute Gasteiger partial charge is 0.232 e. The van der Waals surface area contributed by atoms with Gasteiger partial charge in [-0.05, 0) is 42.2 Å². The Morgan fingerprint density at radius 2 is 1.81 bits per heavy atom. The van der Waals surface area contributed by atoms with Crippen LogP contribution >= 0.6 is 0 Å². The molecule has 0 spiro atoms. The van der Waals surface area contributed by atoms with E-state index < -0.39 is 0 Å². The van der Waals surface area contributed by atoms with Gasteiger partial charge in [0.1, 0.15) is 0 Å². The van der Waals surface area contributed by atoms with Crippen LogP contribution in [0.2, 0.25) is 0 Å². The number of hydrogen-bond donors (Lipinski definition) is 1. The van der Waals surface area contributed by atoms with E-state index in [4.69, 9.17) is 0 Å². The van der Waals surface area contributed by atoms with Gasteiger partial charge in [-0.1, -0.05) is 30.3 Å². The molecule has 1 amide bonds. The van der Waals surface area contributed by atoms with E-state index in [1.807, 2.05) is 33.2 Å². The van der Waals surface area contributed by atoms with Crippen molar-refractivity contribution in [2.24, 2.45) is 0 Å². The van der Waals surface area contributed by atoms with Gasteiger partial charge in [0, 0.05) is 25.5 Å². The number of benzene rings is 2. The van der Waals surface area contributed by atoms with Crippen molar-refractivity contribution in [3.63, 3.8) is 0 Å². The van der Waals surface area contributed by atoms with Crippen molar-refractivity contribution in [3.8, 4) is 0 Å². The summed E-state index contributed by atoms with van der Waals surface area (Å²) in [6.45, 7) is 2.04. The average Bonchev–Trinajstić information content (AvgIpc) is 2.78. The van der Waals surface area contributed by atoms with Gasteiger partial charge in [0.15, 0.2) is 0 Å². The number of anilines is 2. The van der Waals surface area contributed by atoms with Crippen molar-refractivity contribution in [1.29, 1.82) is 0 Å². The number of nitrogens with zero attached hydrogens (tertiary/aromatic N) is 1. The van der Waals surface area contributed by atoms with Crippen LogP contribution in [0.3, 0.4) is 0 Å². The van der Waals surface area contributed by atoms with Crippen molar-refractivity contribution in [2.45, 2.75) is 19.3 Å². The molecule has 1 aliphatic rings. The van der Waals surface area contributed by atoms with Gasteiger partial charge in [0.05, 0.1) is 5.92 Å². The molecule has 0 aromatic heterocycles. The number of carbonyl (C=O) groups excluding carboxylic acids is 1. The molecule has 1 aliphatic heterocycles. The molecule has 108 valence electrons. The van der Waals surface area contributed by atoms with Crippen LogP contribution in [-0.4, -0.2) is 20.0 Å². The SMILES string of the molecule is Cc1cccc2c1NC(=O)[C@H]2Cc1ccc(N(C)C)cc1. The second-order valence-electron chi connectivity index (χ2n) is 5.85. The number of carbonyl (C=O) groups is 1. The Bertz CT molecular complexity index is 674. The predicted molar refractivity (Wildman–Crippen MR) is 87.0 cm³/mol. The first-order valence-electron chi connectivity index (χ1n) is 7.23. The average molecular weight is 280 g/mol. The molecule has 0 saturated heterocycles. The molecule has 0 saturated carbocycles. The van der Waals surface area contributed by atoms with Gasteiger partial charge in [-0.2, -0.15) is 0 Å². The monoisotopic (exact) mass is 280 g/mol. The Morgan fingerprint density at radius 1 is 1.10 bits per heavy atom. The van der Waals surface area contributed by atoms with Gasteiger partial charge in [-0.15, -0.1) is 0 Å². The van der Waals surface area contributed by atoms with E-state index in [9.17, 15) is 4.79 Å². The molecular weight excluding hydrogens is 260 g/mol. The molecule has 1 N–H and O–H groups in total. The standard InChI is InChI=1S/C18H20N2O/c1-12-5-4-6-15-16(18(21)19-17(12)15)11-13-7-9-14(10-8-13)20(2)3/h4-10,16H,11H2,1-3H3,(H,19,21)/t16-/m0/s1. The quantitative estimate of drug-likeness (QED) is 0.935. The Kier molecular flexibility index (Phi) is 3.42. The van der Waals surface area contributed by atoms with E-state index in [2.05, 4.69) is 40.5 Å². The molecule has 1 atom stereocenters. The lowest BCUT2D eigenvalue weighted by molar-refractivity contribution is -0.117. The first-order chi connectivity index (χ1) is 10.1. The van der Waals surface area contributed by atoms with E-state index in [0.717, 1.165) is 23.2 Å². The maximum Gasteiger partial charge on any atom is 0.232 e. The van der Waals surface area contributed by atoms with Crippen LogP contribution in [0, 0.1) is 6.92 Å². The van der Waals surface area contributed by atoms with Crippen LogP contribution in [-0.2, 0) is 11.2 Å². The Labute approximate surface area is 125 Å². The molecule has 2 aromatic carbocycles. The maximum atomic E-state index is 12.2. The summed E-state index contributed by atoms with van der Waals surface area (Å²) in [5, 5.41) is 3.02. The summed E-state index contributed by atoms with van der Waals surface area (Å²) < 4.78 is 0. The fourth-order valence-corrected chi connectivity index (χ4v) is 2.87. The number of para-hydroxylation sites is 1. The van der Waals surface area contributed by atoms with E-state index in [1.54, 1.807) is 0 Å². The minimum absolute atomic E-state index is 0.0786. The van der Waals surface area contributed by atoms with Gasteiger partial charge in [0.25, 0.3) is 0 Å². The molecule has 1 heterocycles. The van der Waals surface area contributed by atoms with Crippen LogP contribution in [0.5, 0.6) is 0 Å². The second-order valence-corrected chi connectivity index (χ2v) is 5.85. The van der Waals surface area contributed by atoms with E-state index >= 15 is 0 Å². The third-order valence-corrected chi connectivity index (χ3v) is 4.14. The minimum Gasteiger partial charge on any atom is -0.378 e. The molecule has 0 radical (unpaired) electrons. The Morgan fingerprint density at radius 3 is 2.48 bits per heavy atom. The van der Waals surface area contributed by atoms with Crippen LogP contribution in [0.25, 0.3) is 0 Å². The van der Waals surface area contributed by atoms with E-state index in [1.165, 1.54) is 11.3 Å². The summed E-state index contributed by atoms with van der Waals surface area (Å²) in [6, 6.07) is 14.5. The maximum absolute atomic E-state index is 12.2. The summed E-state index contributed by atoms with van der Waals surface area (Å²) in [5.74, 6) is 0.0288. The molecule has 0 fully saturated rings. The second kappa shape index (κ2) is 5.24. The molecule has 0 aliphatic carbocycles. The molecule has 2 aromatic rings. The lowest BCUT2D eigenvalue weighted by Gasteiger charge is -2.14. The van der Waals surface area contributed by atoms with Crippen molar-refractivity contribution >= 4 is 17.3 Å². The van der Waals surface area contributed by atoms with Crippen molar-refractivity contribution in [3.05, 3.63) is 59.2 Å². The zero-order valence-electron chi connectivity index (χ0n) is 12.7. The van der Waals surface area contributed by atoms with E-state index in [-0.39, 0.29) is 11.8 Å². The highest BCUT2D eigenvalue weighted by Gasteiger charge is 2.31. The van der Waals surface area contributed by atoms with Crippen molar-refractivity contribution in [2.75, 3.05) is 24.3 Å². The van der Waals surface area contributed by atoms with Crippen LogP contribution < -0.4 is 10.2 Å². The van der Waals surface area contributed by atoms with Gasteiger partial charge < -0.3 is 10.2 Å². The topological polar surface area (TPSA) is 32.3 Å². The normalized spacial score (nSPS) is 16.5. The summed E-state index contributed by atoms with van der Waals surface area (Å²) in [4.78, 5) is 14.3. The van der Waals surface area contributed by atoms with Crippen LogP contribution in [0.15, 0.2) is 42.5 Å². The first-order valence-corrected chi connectivity index (χ1v) is 7.23. The minimum atomic E-state index is -0.0786. The molecule has 0 bridgehead atoms. The summed E-state index contributed by atoms with van der Waals surface area (Å²) in [6.07, 6.45) is 0.746. The molecule has 3 heteroatoms. The molecule has 21 heavy (non-hydrogen) atoms. The van der Waals surface area contributed by atoms with Crippen molar-refractivity contribution < 1.29 is 4.79 Å². The number of rotatable bonds is 3. The molecule has 3 nitrogen and oxygen atoms in total. The van der Waals surface area contributed by atoms with E-state index in [0.29, 0.717) is 0 Å². The van der Waals surface area contributed by atoms with Crippen molar-refractivity contribution in [1.82, 2.24) is 0 Å². The Balaban J connectivity index is 1.86. The Hall–Kier alpha value is -2.29. The number of nitrogens with one attached hydrogen (secondary N) is 1. The first kappa shape index (κ1) is 13.7. The van der Waals surface area contributed by atoms with Crippen LogP contribution in [0.1, 0.15) is 22.6 Å². The number of hydrogen-bond acceptors (Lipinski definition) is 2. The van der Waals surface area contributed by atoms with Gasteiger partial charge in [-0.25, -0.2) is 0 Å². The van der Waals surface area contributed by atoms with Gasteiger partial charge in [-0.3, -0.25) is 4.79 Å². The highest BCUT2D eigenvalue weighted by atomic mass is 16.2.